The molecule has 0 saturated carbocycles. The maximum Gasteiger partial charge on any atom is 0.341 e. The molecule has 29 heavy (non-hydrogen) atoms. The smallest absolute Gasteiger partial charge is 0.341 e. The normalized spacial score (nSPS) is 11.1. The summed E-state index contributed by atoms with van der Waals surface area (Å²) in [6.07, 6.45) is 4.74. The molecule has 0 bridgehead atoms. The van der Waals surface area contributed by atoms with Crippen LogP contribution in [0.2, 0.25) is 10.0 Å². The molecule has 0 aliphatic carbocycles. The van der Waals surface area contributed by atoms with E-state index in [0.717, 1.165) is 28.5 Å². The molecule has 7 heteroatoms. The SMILES string of the molecule is CCCCOC(=O)c1c(NC(=O)C=Cc2ccc(Cl)c(Cl)c2)sc2ccccc12. The Morgan fingerprint density at radius 3 is 2.69 bits per heavy atom. The van der Waals surface area contributed by atoms with Crippen LogP contribution in [0.4, 0.5) is 5.00 Å². The molecule has 3 rings (SSSR count). The first-order valence-electron chi connectivity index (χ1n) is 9.12. The van der Waals surface area contributed by atoms with E-state index in [0.29, 0.717) is 27.2 Å². The van der Waals surface area contributed by atoms with Crippen LogP contribution in [-0.2, 0) is 9.53 Å². The van der Waals surface area contributed by atoms with Gasteiger partial charge in [-0.05, 0) is 36.3 Å². The molecule has 0 aliphatic heterocycles. The van der Waals surface area contributed by atoms with Gasteiger partial charge in [-0.15, -0.1) is 11.3 Å². The van der Waals surface area contributed by atoms with Crippen molar-refractivity contribution >= 4 is 67.6 Å². The number of esters is 1. The highest BCUT2D eigenvalue weighted by atomic mass is 35.5. The average molecular weight is 448 g/mol. The molecule has 3 aromatic rings. The van der Waals surface area contributed by atoms with Crippen molar-refractivity contribution in [1.82, 2.24) is 0 Å². The van der Waals surface area contributed by atoms with Crippen LogP contribution in [0.15, 0.2) is 48.5 Å². The molecule has 1 amide bonds. The van der Waals surface area contributed by atoms with Gasteiger partial charge in [0.05, 0.1) is 16.7 Å². The van der Waals surface area contributed by atoms with E-state index in [-0.39, 0.29) is 5.91 Å². The number of carbonyl (C=O) groups is 2. The van der Waals surface area contributed by atoms with Crippen LogP contribution in [0, 0.1) is 0 Å². The summed E-state index contributed by atoms with van der Waals surface area (Å²) in [5, 5.41) is 4.90. The van der Waals surface area contributed by atoms with Crippen LogP contribution in [-0.4, -0.2) is 18.5 Å². The number of anilines is 1. The van der Waals surface area contributed by atoms with E-state index in [1.165, 1.54) is 17.4 Å². The molecule has 1 aromatic heterocycles. The number of benzene rings is 2. The Morgan fingerprint density at radius 1 is 1.14 bits per heavy atom. The van der Waals surface area contributed by atoms with Gasteiger partial charge in [-0.1, -0.05) is 60.8 Å². The first-order valence-corrected chi connectivity index (χ1v) is 10.7. The summed E-state index contributed by atoms with van der Waals surface area (Å²) < 4.78 is 6.28. The fraction of sp³-hybridized carbons (Fsp3) is 0.182. The number of fused-ring (bicyclic) bond motifs is 1. The molecule has 150 valence electrons. The average Bonchev–Trinajstić information content (AvgIpc) is 3.06. The minimum Gasteiger partial charge on any atom is -0.462 e. The summed E-state index contributed by atoms with van der Waals surface area (Å²) in [6.45, 7) is 2.38. The number of ether oxygens (including phenoxy) is 1. The Kier molecular flexibility index (Phi) is 7.31. The fourth-order valence-electron chi connectivity index (χ4n) is 2.66. The lowest BCUT2D eigenvalue weighted by Crippen LogP contribution is -2.12. The Labute approximate surface area is 183 Å². The summed E-state index contributed by atoms with van der Waals surface area (Å²) in [5.74, 6) is -0.787. The van der Waals surface area contributed by atoms with E-state index in [9.17, 15) is 9.59 Å². The van der Waals surface area contributed by atoms with Gasteiger partial charge in [0.1, 0.15) is 10.6 Å². The lowest BCUT2D eigenvalue weighted by atomic mass is 10.1. The molecule has 2 aromatic carbocycles. The van der Waals surface area contributed by atoms with Gasteiger partial charge >= 0.3 is 5.97 Å². The number of amides is 1. The highest BCUT2D eigenvalue weighted by Gasteiger charge is 2.21. The second-order valence-corrected chi connectivity index (χ2v) is 8.15. The quantitative estimate of drug-likeness (QED) is 0.245. The first kappa shape index (κ1) is 21.4. The van der Waals surface area contributed by atoms with Crippen molar-refractivity contribution in [2.45, 2.75) is 19.8 Å². The van der Waals surface area contributed by atoms with Gasteiger partial charge in [-0.2, -0.15) is 0 Å². The molecule has 1 heterocycles. The predicted octanol–water partition coefficient (Wildman–Crippen LogP) is 6.82. The van der Waals surface area contributed by atoms with Crippen molar-refractivity contribution in [2.75, 3.05) is 11.9 Å². The summed E-state index contributed by atoms with van der Waals surface area (Å²) in [5.41, 5.74) is 1.13. The lowest BCUT2D eigenvalue weighted by Gasteiger charge is -2.06. The molecule has 0 fully saturated rings. The maximum absolute atomic E-state index is 12.6. The number of unbranched alkanes of at least 4 members (excludes halogenated alkanes) is 1. The number of hydrogen-bond acceptors (Lipinski definition) is 4. The summed E-state index contributed by atoms with van der Waals surface area (Å²) in [7, 11) is 0. The van der Waals surface area contributed by atoms with E-state index in [2.05, 4.69) is 5.32 Å². The van der Waals surface area contributed by atoms with Crippen molar-refractivity contribution in [1.29, 1.82) is 0 Å². The molecule has 1 N–H and O–H groups in total. The second-order valence-electron chi connectivity index (χ2n) is 6.29. The van der Waals surface area contributed by atoms with E-state index in [1.807, 2.05) is 31.2 Å². The van der Waals surface area contributed by atoms with E-state index in [1.54, 1.807) is 24.3 Å². The maximum atomic E-state index is 12.6. The van der Waals surface area contributed by atoms with Crippen molar-refractivity contribution in [3.63, 3.8) is 0 Å². The van der Waals surface area contributed by atoms with Gasteiger partial charge in [0.25, 0.3) is 0 Å². The molecule has 0 atom stereocenters. The molecule has 0 unspecified atom stereocenters. The Hall–Kier alpha value is -2.34. The highest BCUT2D eigenvalue weighted by Crippen LogP contribution is 2.36. The third-order valence-electron chi connectivity index (χ3n) is 4.14. The van der Waals surface area contributed by atoms with E-state index in [4.69, 9.17) is 27.9 Å². The Bertz CT molecular complexity index is 1080. The number of nitrogens with one attached hydrogen (secondary N) is 1. The number of carbonyl (C=O) groups excluding carboxylic acids is 2. The Balaban J connectivity index is 1.82. The number of hydrogen-bond donors (Lipinski definition) is 1. The summed E-state index contributed by atoms with van der Waals surface area (Å²) in [6, 6.07) is 12.6. The standard InChI is InChI=1S/C22H19Cl2NO3S/c1-2-3-12-28-22(27)20-15-6-4-5-7-18(15)29-21(20)25-19(26)11-9-14-8-10-16(23)17(24)13-14/h4-11,13H,2-3,12H2,1H3,(H,25,26). The van der Waals surface area contributed by atoms with Crippen molar-refractivity contribution in [3.05, 3.63) is 69.7 Å². The van der Waals surface area contributed by atoms with Gasteiger partial charge < -0.3 is 10.1 Å². The van der Waals surface area contributed by atoms with Gasteiger partial charge in [0, 0.05) is 16.2 Å². The number of halogens is 2. The third-order valence-corrected chi connectivity index (χ3v) is 5.96. The zero-order valence-corrected chi connectivity index (χ0v) is 18.0. The van der Waals surface area contributed by atoms with Crippen LogP contribution in [0.5, 0.6) is 0 Å². The van der Waals surface area contributed by atoms with Crippen LogP contribution >= 0.6 is 34.5 Å². The zero-order valence-electron chi connectivity index (χ0n) is 15.7. The first-order chi connectivity index (χ1) is 14.0. The van der Waals surface area contributed by atoms with Gasteiger partial charge in [0.15, 0.2) is 0 Å². The Morgan fingerprint density at radius 2 is 1.93 bits per heavy atom. The minimum atomic E-state index is -0.431. The van der Waals surface area contributed by atoms with E-state index < -0.39 is 5.97 Å². The minimum absolute atomic E-state index is 0.351. The molecule has 0 aliphatic rings. The molecular formula is C22H19Cl2NO3S. The highest BCUT2D eigenvalue weighted by molar-refractivity contribution is 7.23. The molecule has 0 radical (unpaired) electrons. The molecular weight excluding hydrogens is 429 g/mol. The number of rotatable bonds is 7. The van der Waals surface area contributed by atoms with Crippen molar-refractivity contribution in [2.24, 2.45) is 0 Å². The topological polar surface area (TPSA) is 55.4 Å². The van der Waals surface area contributed by atoms with Gasteiger partial charge in [-0.3, -0.25) is 4.79 Å². The molecule has 0 spiro atoms. The predicted molar refractivity (Wildman–Crippen MR) is 121 cm³/mol. The van der Waals surface area contributed by atoms with Crippen molar-refractivity contribution < 1.29 is 14.3 Å². The van der Waals surface area contributed by atoms with Crippen molar-refractivity contribution in [3.8, 4) is 0 Å². The molecule has 0 saturated heterocycles. The zero-order chi connectivity index (χ0) is 20.8. The molecule has 4 nitrogen and oxygen atoms in total. The van der Waals surface area contributed by atoms with Gasteiger partial charge in [-0.25, -0.2) is 4.79 Å². The third kappa shape index (κ3) is 5.38. The second kappa shape index (κ2) is 9.92. The van der Waals surface area contributed by atoms with Crippen LogP contribution in [0.1, 0.15) is 35.7 Å². The van der Waals surface area contributed by atoms with Gasteiger partial charge in [0.2, 0.25) is 5.91 Å². The summed E-state index contributed by atoms with van der Waals surface area (Å²) in [4.78, 5) is 25.1. The monoisotopic (exact) mass is 447 g/mol. The number of thiophene rings is 1. The summed E-state index contributed by atoms with van der Waals surface area (Å²) >= 11 is 13.2. The largest absolute Gasteiger partial charge is 0.462 e. The van der Waals surface area contributed by atoms with Crippen LogP contribution in [0.25, 0.3) is 16.2 Å². The van der Waals surface area contributed by atoms with Crippen LogP contribution in [0.3, 0.4) is 0 Å². The lowest BCUT2D eigenvalue weighted by molar-refractivity contribution is -0.111. The fourth-order valence-corrected chi connectivity index (χ4v) is 4.06. The van der Waals surface area contributed by atoms with Crippen LogP contribution < -0.4 is 5.32 Å². The van der Waals surface area contributed by atoms with E-state index >= 15 is 0 Å².